The maximum Gasteiger partial charge on any atom is 0.257 e. The molecule has 30 heavy (non-hydrogen) atoms. The van der Waals surface area contributed by atoms with Crippen molar-refractivity contribution < 1.29 is 22.0 Å². The van der Waals surface area contributed by atoms with E-state index in [0.717, 1.165) is 17.4 Å². The first-order chi connectivity index (χ1) is 14.1. The van der Waals surface area contributed by atoms with Crippen LogP contribution in [0.3, 0.4) is 0 Å². The molecule has 10 heteroatoms. The van der Waals surface area contributed by atoms with Crippen LogP contribution < -0.4 is 10.0 Å². The summed E-state index contributed by atoms with van der Waals surface area (Å²) in [6.07, 6.45) is 1.70. The number of anilines is 1. The zero-order valence-corrected chi connectivity index (χ0v) is 17.8. The SMILES string of the molecule is CC(C)NS(=O)(=O)c1cccc(C(=O)Nc2ncc(Cc3ccc(F)cc3F)s2)c1. The van der Waals surface area contributed by atoms with Gasteiger partial charge in [0.05, 0.1) is 4.90 Å². The largest absolute Gasteiger partial charge is 0.298 e. The Morgan fingerprint density at radius 3 is 2.63 bits per heavy atom. The molecule has 3 aromatic rings. The highest BCUT2D eigenvalue weighted by Gasteiger charge is 2.18. The lowest BCUT2D eigenvalue weighted by atomic mass is 10.1. The number of rotatable bonds is 7. The van der Waals surface area contributed by atoms with Crippen molar-refractivity contribution in [3.63, 3.8) is 0 Å². The first-order valence-electron chi connectivity index (χ1n) is 8.96. The number of carbonyl (C=O) groups is 1. The summed E-state index contributed by atoms with van der Waals surface area (Å²) in [6.45, 7) is 3.40. The molecule has 0 saturated carbocycles. The van der Waals surface area contributed by atoms with Crippen molar-refractivity contribution >= 4 is 32.4 Å². The molecule has 0 fully saturated rings. The van der Waals surface area contributed by atoms with Gasteiger partial charge in [-0.25, -0.2) is 26.9 Å². The summed E-state index contributed by atoms with van der Waals surface area (Å²) in [5.74, 6) is -1.83. The van der Waals surface area contributed by atoms with E-state index in [4.69, 9.17) is 0 Å². The summed E-state index contributed by atoms with van der Waals surface area (Å²) in [5.41, 5.74) is 0.469. The molecule has 2 N–H and O–H groups in total. The van der Waals surface area contributed by atoms with E-state index in [9.17, 15) is 22.0 Å². The third kappa shape index (κ3) is 5.47. The van der Waals surface area contributed by atoms with Gasteiger partial charge in [0.1, 0.15) is 11.6 Å². The zero-order chi connectivity index (χ0) is 21.9. The van der Waals surface area contributed by atoms with Gasteiger partial charge in [0.2, 0.25) is 10.0 Å². The molecular weight excluding hydrogens is 432 g/mol. The van der Waals surface area contributed by atoms with Crippen LogP contribution in [0.25, 0.3) is 0 Å². The van der Waals surface area contributed by atoms with Crippen molar-refractivity contribution in [2.75, 3.05) is 5.32 Å². The van der Waals surface area contributed by atoms with E-state index in [0.29, 0.717) is 10.4 Å². The topological polar surface area (TPSA) is 88.2 Å². The molecule has 1 heterocycles. The maximum absolute atomic E-state index is 13.8. The first-order valence-corrected chi connectivity index (χ1v) is 11.3. The molecule has 158 valence electrons. The molecule has 0 unspecified atom stereocenters. The van der Waals surface area contributed by atoms with Gasteiger partial charge < -0.3 is 0 Å². The number of amides is 1. The van der Waals surface area contributed by atoms with Crippen LogP contribution in [0.4, 0.5) is 13.9 Å². The Balaban J connectivity index is 1.72. The third-order valence-corrected chi connectivity index (χ3v) is 6.52. The molecule has 6 nitrogen and oxygen atoms in total. The number of thiazole rings is 1. The fourth-order valence-electron chi connectivity index (χ4n) is 2.65. The van der Waals surface area contributed by atoms with Crippen LogP contribution in [0, 0.1) is 11.6 Å². The van der Waals surface area contributed by atoms with Crippen LogP contribution in [-0.4, -0.2) is 25.4 Å². The van der Waals surface area contributed by atoms with Crippen LogP contribution in [0.2, 0.25) is 0 Å². The lowest BCUT2D eigenvalue weighted by Crippen LogP contribution is -2.30. The Morgan fingerprint density at radius 1 is 1.17 bits per heavy atom. The van der Waals surface area contributed by atoms with Crippen molar-refractivity contribution in [3.8, 4) is 0 Å². The minimum atomic E-state index is -3.73. The van der Waals surface area contributed by atoms with Gasteiger partial charge in [0, 0.05) is 35.2 Å². The van der Waals surface area contributed by atoms with Gasteiger partial charge in [0.25, 0.3) is 5.91 Å². The zero-order valence-electron chi connectivity index (χ0n) is 16.1. The number of sulfonamides is 1. The predicted octanol–water partition coefficient (Wildman–Crippen LogP) is 3.95. The van der Waals surface area contributed by atoms with E-state index < -0.39 is 27.6 Å². The Morgan fingerprint density at radius 2 is 1.93 bits per heavy atom. The molecular formula is C20H19F2N3O3S2. The Hall–Kier alpha value is -2.69. The van der Waals surface area contributed by atoms with Crippen LogP contribution in [0.1, 0.15) is 34.6 Å². The molecule has 0 radical (unpaired) electrons. The molecule has 0 aliphatic heterocycles. The third-order valence-electron chi connectivity index (χ3n) is 3.95. The smallest absolute Gasteiger partial charge is 0.257 e. The van der Waals surface area contributed by atoms with Crippen molar-refractivity contribution in [3.05, 3.63) is 76.3 Å². The van der Waals surface area contributed by atoms with Gasteiger partial charge in [-0.3, -0.25) is 10.1 Å². The second kappa shape index (κ2) is 8.99. The van der Waals surface area contributed by atoms with Crippen LogP contribution in [-0.2, 0) is 16.4 Å². The van der Waals surface area contributed by atoms with Crippen molar-refractivity contribution in [1.29, 1.82) is 0 Å². The molecule has 0 atom stereocenters. The lowest BCUT2D eigenvalue weighted by molar-refractivity contribution is 0.102. The average Bonchev–Trinajstić information content (AvgIpc) is 3.10. The first kappa shape index (κ1) is 22.0. The fraction of sp³-hybridized carbons (Fsp3) is 0.200. The summed E-state index contributed by atoms with van der Waals surface area (Å²) >= 11 is 1.15. The highest BCUT2D eigenvalue weighted by Crippen LogP contribution is 2.23. The van der Waals surface area contributed by atoms with Crippen molar-refractivity contribution in [2.24, 2.45) is 0 Å². The molecule has 0 spiro atoms. The molecule has 0 aliphatic carbocycles. The molecule has 0 saturated heterocycles. The number of carbonyl (C=O) groups excluding carboxylic acids is 1. The van der Waals surface area contributed by atoms with E-state index in [1.165, 1.54) is 42.6 Å². The van der Waals surface area contributed by atoms with Crippen LogP contribution in [0.5, 0.6) is 0 Å². The molecule has 0 aliphatic rings. The quantitative estimate of drug-likeness (QED) is 0.569. The standard InChI is InChI=1S/C20H19F2N3O3S2/c1-12(2)25-30(27,28)17-5-3-4-14(9-17)19(26)24-20-23-11-16(29-20)8-13-6-7-15(21)10-18(13)22/h3-7,9-12,25H,8H2,1-2H3,(H,23,24,26). The Bertz CT molecular complexity index is 1180. The minimum absolute atomic E-state index is 0.0181. The van der Waals surface area contributed by atoms with Crippen LogP contribution in [0.15, 0.2) is 53.6 Å². The lowest BCUT2D eigenvalue weighted by Gasteiger charge is -2.10. The number of nitrogens with zero attached hydrogens (tertiary/aromatic N) is 1. The number of hydrogen-bond donors (Lipinski definition) is 2. The predicted molar refractivity (Wildman–Crippen MR) is 111 cm³/mol. The van der Waals surface area contributed by atoms with E-state index in [2.05, 4.69) is 15.0 Å². The van der Waals surface area contributed by atoms with Crippen molar-refractivity contribution in [2.45, 2.75) is 31.2 Å². The second-order valence-electron chi connectivity index (χ2n) is 6.80. The van der Waals surface area contributed by atoms with E-state index in [-0.39, 0.29) is 28.1 Å². The van der Waals surface area contributed by atoms with E-state index in [1.807, 2.05) is 0 Å². The summed E-state index contributed by atoms with van der Waals surface area (Å²) in [5, 5.41) is 2.89. The average molecular weight is 452 g/mol. The molecule has 2 aromatic carbocycles. The van der Waals surface area contributed by atoms with Gasteiger partial charge in [0.15, 0.2) is 5.13 Å². The summed E-state index contributed by atoms with van der Waals surface area (Å²) in [4.78, 5) is 17.3. The monoisotopic (exact) mass is 451 g/mol. The fourth-order valence-corrected chi connectivity index (χ4v) is 4.78. The number of halogens is 2. The van der Waals surface area contributed by atoms with E-state index in [1.54, 1.807) is 13.8 Å². The van der Waals surface area contributed by atoms with Gasteiger partial charge in [-0.2, -0.15) is 0 Å². The Kier molecular flexibility index (Phi) is 6.59. The van der Waals surface area contributed by atoms with Crippen molar-refractivity contribution in [1.82, 2.24) is 9.71 Å². The summed E-state index contributed by atoms with van der Waals surface area (Å²) in [7, 11) is -3.73. The highest BCUT2D eigenvalue weighted by atomic mass is 32.2. The molecule has 3 rings (SSSR count). The van der Waals surface area contributed by atoms with Gasteiger partial charge in [-0.1, -0.05) is 12.1 Å². The number of benzene rings is 2. The normalized spacial score (nSPS) is 11.6. The van der Waals surface area contributed by atoms with Gasteiger partial charge in [-0.05, 0) is 43.7 Å². The number of nitrogens with one attached hydrogen (secondary N) is 2. The van der Waals surface area contributed by atoms with Gasteiger partial charge >= 0.3 is 0 Å². The maximum atomic E-state index is 13.8. The molecule has 1 aromatic heterocycles. The number of aromatic nitrogens is 1. The van der Waals surface area contributed by atoms with Gasteiger partial charge in [-0.15, -0.1) is 11.3 Å². The van der Waals surface area contributed by atoms with E-state index >= 15 is 0 Å². The molecule has 0 bridgehead atoms. The summed E-state index contributed by atoms with van der Waals surface area (Å²) < 4.78 is 53.9. The highest BCUT2D eigenvalue weighted by molar-refractivity contribution is 7.89. The molecule has 1 amide bonds. The summed E-state index contributed by atoms with van der Waals surface area (Å²) in [6, 6.07) is 8.72. The number of hydrogen-bond acceptors (Lipinski definition) is 5. The van der Waals surface area contributed by atoms with Crippen LogP contribution >= 0.6 is 11.3 Å². The second-order valence-corrected chi connectivity index (χ2v) is 9.63. The Labute approximate surface area is 177 Å². The minimum Gasteiger partial charge on any atom is -0.298 e.